The minimum atomic E-state index is -0.542. The topological polar surface area (TPSA) is 30.0 Å². The summed E-state index contributed by atoms with van der Waals surface area (Å²) in [6.45, 7) is 0. The first-order valence-electron chi connectivity index (χ1n) is 5.60. The predicted octanol–water partition coefficient (Wildman–Crippen LogP) is 3.29. The highest BCUT2D eigenvalue weighted by atomic mass is 19.1. The van der Waals surface area contributed by atoms with Crippen molar-refractivity contribution in [2.45, 2.75) is 32.1 Å². The van der Waals surface area contributed by atoms with E-state index in [9.17, 15) is 9.18 Å². The van der Waals surface area contributed by atoms with Gasteiger partial charge in [0.15, 0.2) is 11.6 Å². The molecule has 0 aromatic carbocycles. The van der Waals surface area contributed by atoms with Crippen LogP contribution in [0.25, 0.3) is 0 Å². The van der Waals surface area contributed by atoms with E-state index >= 15 is 0 Å². The van der Waals surface area contributed by atoms with Crippen molar-refractivity contribution in [1.29, 1.82) is 0 Å². The molecular formula is C13H14FNO. The highest BCUT2D eigenvalue weighted by molar-refractivity contribution is 6.05. The van der Waals surface area contributed by atoms with Gasteiger partial charge in [-0.1, -0.05) is 12.0 Å². The number of halogens is 1. The Bertz CT molecular complexity index is 418. The number of allylic oxidation sites excluding steroid dienone is 2. The number of rotatable bonds is 2. The SMILES string of the molecule is O=C(C=C1CCCCC1)c1ccncc1F. The molecule has 0 spiro atoms. The molecule has 0 aliphatic heterocycles. The lowest BCUT2D eigenvalue weighted by atomic mass is 9.93. The molecule has 1 fully saturated rings. The van der Waals surface area contributed by atoms with Crippen LogP contribution in [0.1, 0.15) is 42.5 Å². The van der Waals surface area contributed by atoms with Gasteiger partial charge in [-0.05, 0) is 37.8 Å². The molecule has 84 valence electrons. The molecule has 0 N–H and O–H groups in total. The maximum atomic E-state index is 13.3. The first-order chi connectivity index (χ1) is 7.77. The van der Waals surface area contributed by atoms with Crippen LogP contribution in [0.5, 0.6) is 0 Å². The van der Waals surface area contributed by atoms with Crippen molar-refractivity contribution < 1.29 is 9.18 Å². The van der Waals surface area contributed by atoms with Crippen LogP contribution in [0, 0.1) is 5.82 Å². The van der Waals surface area contributed by atoms with Crippen LogP contribution >= 0.6 is 0 Å². The summed E-state index contributed by atoms with van der Waals surface area (Å²) in [7, 11) is 0. The number of carbonyl (C=O) groups is 1. The molecule has 0 saturated heterocycles. The van der Waals surface area contributed by atoms with Crippen LogP contribution in [0.15, 0.2) is 30.1 Å². The van der Waals surface area contributed by atoms with E-state index < -0.39 is 5.82 Å². The Balaban J connectivity index is 2.16. The van der Waals surface area contributed by atoms with Crippen molar-refractivity contribution in [1.82, 2.24) is 4.98 Å². The van der Waals surface area contributed by atoms with E-state index in [1.54, 1.807) is 6.08 Å². The summed E-state index contributed by atoms with van der Waals surface area (Å²) in [6, 6.07) is 1.43. The van der Waals surface area contributed by atoms with Crippen molar-refractivity contribution in [2.75, 3.05) is 0 Å². The van der Waals surface area contributed by atoms with E-state index in [2.05, 4.69) is 4.98 Å². The summed E-state index contributed by atoms with van der Waals surface area (Å²) >= 11 is 0. The Labute approximate surface area is 94.2 Å². The van der Waals surface area contributed by atoms with E-state index in [0.717, 1.165) is 37.5 Å². The smallest absolute Gasteiger partial charge is 0.188 e. The van der Waals surface area contributed by atoms with Gasteiger partial charge in [0.2, 0.25) is 0 Å². The van der Waals surface area contributed by atoms with E-state index in [4.69, 9.17) is 0 Å². The van der Waals surface area contributed by atoms with Crippen molar-refractivity contribution >= 4 is 5.78 Å². The van der Waals surface area contributed by atoms with Gasteiger partial charge in [0, 0.05) is 6.20 Å². The molecular weight excluding hydrogens is 205 g/mol. The second-order valence-corrected chi connectivity index (χ2v) is 4.08. The number of ketones is 1. The monoisotopic (exact) mass is 219 g/mol. The van der Waals surface area contributed by atoms with E-state index in [1.165, 1.54) is 18.7 Å². The highest BCUT2D eigenvalue weighted by Gasteiger charge is 2.11. The Morgan fingerprint density at radius 3 is 2.75 bits per heavy atom. The molecule has 0 unspecified atom stereocenters. The lowest BCUT2D eigenvalue weighted by Crippen LogP contribution is -2.02. The zero-order valence-electron chi connectivity index (χ0n) is 9.08. The molecule has 1 aliphatic rings. The second-order valence-electron chi connectivity index (χ2n) is 4.08. The third-order valence-corrected chi connectivity index (χ3v) is 2.87. The van der Waals surface area contributed by atoms with Gasteiger partial charge < -0.3 is 0 Å². The predicted molar refractivity (Wildman–Crippen MR) is 59.7 cm³/mol. The van der Waals surface area contributed by atoms with Crippen molar-refractivity contribution in [3.8, 4) is 0 Å². The summed E-state index contributed by atoms with van der Waals surface area (Å²) in [5.41, 5.74) is 1.26. The molecule has 0 atom stereocenters. The Morgan fingerprint density at radius 2 is 2.06 bits per heavy atom. The van der Waals surface area contributed by atoms with E-state index in [0.29, 0.717) is 0 Å². The standard InChI is InChI=1S/C13H14FNO/c14-12-9-15-7-6-11(12)13(16)8-10-4-2-1-3-5-10/h6-9H,1-5H2. The molecule has 1 aromatic rings. The van der Waals surface area contributed by atoms with Crippen LogP contribution in [0.4, 0.5) is 4.39 Å². The van der Waals surface area contributed by atoms with Gasteiger partial charge in [-0.25, -0.2) is 4.39 Å². The lowest BCUT2D eigenvalue weighted by molar-refractivity contribution is 0.104. The van der Waals surface area contributed by atoms with Crippen LogP contribution in [-0.4, -0.2) is 10.8 Å². The molecule has 2 nitrogen and oxygen atoms in total. The average Bonchev–Trinajstić information content (AvgIpc) is 2.31. The number of hydrogen-bond acceptors (Lipinski definition) is 2. The molecule has 2 rings (SSSR count). The zero-order chi connectivity index (χ0) is 11.4. The van der Waals surface area contributed by atoms with E-state index in [1.807, 2.05) is 0 Å². The number of pyridine rings is 1. The fourth-order valence-corrected chi connectivity index (χ4v) is 1.99. The maximum Gasteiger partial charge on any atom is 0.188 e. The summed E-state index contributed by atoms with van der Waals surface area (Å²) < 4.78 is 13.3. The second kappa shape index (κ2) is 5.01. The summed E-state index contributed by atoms with van der Waals surface area (Å²) in [5.74, 6) is -0.781. The quantitative estimate of drug-likeness (QED) is 0.564. The Morgan fingerprint density at radius 1 is 1.31 bits per heavy atom. The molecule has 0 amide bonds. The first-order valence-corrected chi connectivity index (χ1v) is 5.60. The third-order valence-electron chi connectivity index (χ3n) is 2.87. The van der Waals surface area contributed by atoms with Gasteiger partial charge in [0.05, 0.1) is 11.8 Å². The lowest BCUT2D eigenvalue weighted by Gasteiger charge is -2.12. The molecule has 16 heavy (non-hydrogen) atoms. The van der Waals surface area contributed by atoms with Crippen LogP contribution in [0.3, 0.4) is 0 Å². The number of aromatic nitrogens is 1. The number of carbonyl (C=O) groups excluding carboxylic acids is 1. The normalized spacial score (nSPS) is 15.9. The number of hydrogen-bond donors (Lipinski definition) is 0. The van der Waals surface area contributed by atoms with Crippen molar-refractivity contribution in [2.24, 2.45) is 0 Å². The molecule has 1 heterocycles. The fourth-order valence-electron chi connectivity index (χ4n) is 1.99. The molecule has 3 heteroatoms. The van der Waals surface area contributed by atoms with Gasteiger partial charge in [0.25, 0.3) is 0 Å². The number of nitrogens with zero attached hydrogens (tertiary/aromatic N) is 1. The fraction of sp³-hybridized carbons (Fsp3) is 0.385. The van der Waals surface area contributed by atoms with Gasteiger partial charge in [-0.2, -0.15) is 0 Å². The molecule has 0 radical (unpaired) electrons. The van der Waals surface area contributed by atoms with Gasteiger partial charge in [-0.3, -0.25) is 9.78 Å². The third kappa shape index (κ3) is 2.54. The minimum absolute atomic E-state index is 0.119. The van der Waals surface area contributed by atoms with Crippen LogP contribution in [-0.2, 0) is 0 Å². The zero-order valence-corrected chi connectivity index (χ0v) is 9.08. The minimum Gasteiger partial charge on any atom is -0.289 e. The van der Waals surface area contributed by atoms with Gasteiger partial charge in [0.1, 0.15) is 0 Å². The molecule has 1 aromatic heterocycles. The molecule has 1 aliphatic carbocycles. The van der Waals surface area contributed by atoms with E-state index in [-0.39, 0.29) is 11.3 Å². The average molecular weight is 219 g/mol. The molecule has 0 bridgehead atoms. The summed E-state index contributed by atoms with van der Waals surface area (Å²) in [5, 5.41) is 0. The van der Waals surface area contributed by atoms with Crippen LogP contribution < -0.4 is 0 Å². The first kappa shape index (κ1) is 11.0. The Kier molecular flexibility index (Phi) is 3.44. The highest BCUT2D eigenvalue weighted by Crippen LogP contribution is 2.23. The van der Waals surface area contributed by atoms with Crippen molar-refractivity contribution in [3.63, 3.8) is 0 Å². The summed E-state index contributed by atoms with van der Waals surface area (Å²) in [6.07, 6.45) is 9.56. The van der Waals surface area contributed by atoms with Crippen molar-refractivity contribution in [3.05, 3.63) is 41.5 Å². The molecule has 1 saturated carbocycles. The maximum absolute atomic E-state index is 13.3. The van der Waals surface area contributed by atoms with Gasteiger partial charge in [-0.15, -0.1) is 0 Å². The summed E-state index contributed by atoms with van der Waals surface area (Å²) in [4.78, 5) is 15.4. The Hall–Kier alpha value is -1.51. The largest absolute Gasteiger partial charge is 0.289 e. The van der Waals surface area contributed by atoms with Crippen LogP contribution in [0.2, 0.25) is 0 Å². The van der Waals surface area contributed by atoms with Gasteiger partial charge >= 0.3 is 0 Å².